The standard InChI is InChI=1S/C27H22N2O2S2/c1-5-20(27(2,3)4)15-10-12-16(13-11-15)32-21-14-19-22(24-23(21)28-33-29-24)26(31)18-9-7-6-8-17(18)25(19)30/h5-14,20H,1H2,2-4H3. The van der Waals surface area contributed by atoms with Crippen molar-refractivity contribution >= 4 is 46.1 Å². The van der Waals surface area contributed by atoms with Crippen molar-refractivity contribution in [1.82, 2.24) is 8.75 Å². The molecule has 0 radical (unpaired) electrons. The third-order valence-electron chi connectivity index (χ3n) is 6.03. The zero-order valence-corrected chi connectivity index (χ0v) is 20.2. The van der Waals surface area contributed by atoms with E-state index in [9.17, 15) is 9.59 Å². The van der Waals surface area contributed by atoms with Crippen molar-refractivity contribution in [2.75, 3.05) is 0 Å². The van der Waals surface area contributed by atoms with E-state index in [0.29, 0.717) is 33.3 Å². The van der Waals surface area contributed by atoms with E-state index in [1.807, 2.05) is 6.08 Å². The van der Waals surface area contributed by atoms with Crippen LogP contribution in [0.15, 0.2) is 77.0 Å². The zero-order chi connectivity index (χ0) is 23.3. The molecule has 1 aliphatic rings. The minimum Gasteiger partial charge on any atom is -0.289 e. The molecule has 0 bridgehead atoms. The van der Waals surface area contributed by atoms with Gasteiger partial charge in [0.25, 0.3) is 0 Å². The van der Waals surface area contributed by atoms with E-state index in [4.69, 9.17) is 0 Å². The number of hydrogen-bond acceptors (Lipinski definition) is 6. The Labute approximate surface area is 201 Å². The molecular weight excluding hydrogens is 448 g/mol. The van der Waals surface area contributed by atoms with Gasteiger partial charge in [-0.3, -0.25) is 9.59 Å². The number of nitrogens with zero attached hydrogens (tertiary/aromatic N) is 2. The fraction of sp³-hybridized carbons (Fsp3) is 0.185. The highest BCUT2D eigenvalue weighted by Crippen LogP contribution is 2.41. The number of fused-ring (bicyclic) bond motifs is 4. The van der Waals surface area contributed by atoms with Gasteiger partial charge in [-0.25, -0.2) is 0 Å². The Hall–Kier alpha value is -3.09. The van der Waals surface area contributed by atoms with Crippen molar-refractivity contribution in [2.45, 2.75) is 36.5 Å². The Kier molecular flexibility index (Phi) is 5.30. The van der Waals surface area contributed by atoms with Crippen LogP contribution in [0.1, 0.15) is 64.1 Å². The molecule has 1 aliphatic carbocycles. The summed E-state index contributed by atoms with van der Waals surface area (Å²) in [5, 5.41) is 0. The molecule has 1 unspecified atom stereocenters. The number of carbonyl (C=O) groups is 2. The lowest BCUT2D eigenvalue weighted by molar-refractivity contribution is 0.0980. The Balaban J connectivity index is 1.56. The number of rotatable bonds is 4. The molecule has 33 heavy (non-hydrogen) atoms. The van der Waals surface area contributed by atoms with Crippen LogP contribution in [-0.2, 0) is 0 Å². The molecule has 1 atom stereocenters. The van der Waals surface area contributed by atoms with E-state index in [2.05, 4.69) is 60.4 Å². The highest BCUT2D eigenvalue weighted by Gasteiger charge is 2.33. The first-order chi connectivity index (χ1) is 15.8. The summed E-state index contributed by atoms with van der Waals surface area (Å²) in [5.41, 5.74) is 4.09. The van der Waals surface area contributed by atoms with Crippen LogP contribution in [0.2, 0.25) is 0 Å². The van der Waals surface area contributed by atoms with E-state index < -0.39 is 0 Å². The fourth-order valence-electron chi connectivity index (χ4n) is 4.42. The van der Waals surface area contributed by atoms with Crippen molar-refractivity contribution in [3.05, 3.63) is 95.1 Å². The van der Waals surface area contributed by atoms with Crippen molar-refractivity contribution in [2.24, 2.45) is 5.41 Å². The molecule has 0 saturated heterocycles. The van der Waals surface area contributed by atoms with E-state index in [1.54, 1.807) is 30.3 Å². The second-order valence-electron chi connectivity index (χ2n) is 9.21. The van der Waals surface area contributed by atoms with Crippen molar-refractivity contribution in [3.63, 3.8) is 0 Å². The van der Waals surface area contributed by atoms with E-state index in [-0.39, 0.29) is 22.9 Å². The lowest BCUT2D eigenvalue weighted by Crippen LogP contribution is -2.21. The molecule has 0 spiro atoms. The molecule has 0 saturated carbocycles. The Morgan fingerprint density at radius 1 is 0.909 bits per heavy atom. The van der Waals surface area contributed by atoms with E-state index in [1.165, 1.54) is 17.3 Å². The van der Waals surface area contributed by atoms with Gasteiger partial charge in [0.15, 0.2) is 11.6 Å². The third kappa shape index (κ3) is 3.63. The predicted molar refractivity (Wildman–Crippen MR) is 134 cm³/mol. The number of carbonyl (C=O) groups excluding carboxylic acids is 2. The molecule has 0 amide bonds. The average Bonchev–Trinajstić information content (AvgIpc) is 3.28. The van der Waals surface area contributed by atoms with E-state index >= 15 is 0 Å². The average molecular weight is 471 g/mol. The summed E-state index contributed by atoms with van der Waals surface area (Å²) in [4.78, 5) is 28.3. The quantitative estimate of drug-likeness (QED) is 0.266. The highest BCUT2D eigenvalue weighted by atomic mass is 32.2. The summed E-state index contributed by atoms with van der Waals surface area (Å²) >= 11 is 2.59. The van der Waals surface area contributed by atoms with Crippen LogP contribution in [0.25, 0.3) is 11.0 Å². The second-order valence-corrected chi connectivity index (χ2v) is 10.9. The van der Waals surface area contributed by atoms with Crippen LogP contribution in [0.5, 0.6) is 0 Å². The lowest BCUT2D eigenvalue weighted by atomic mass is 9.77. The van der Waals surface area contributed by atoms with Crippen LogP contribution in [0.3, 0.4) is 0 Å². The fourth-order valence-corrected chi connectivity index (χ4v) is 5.99. The Morgan fingerprint density at radius 2 is 1.55 bits per heavy atom. The smallest absolute Gasteiger partial charge is 0.196 e. The maximum atomic E-state index is 13.3. The number of ketones is 2. The predicted octanol–water partition coefficient (Wildman–Crippen LogP) is 6.93. The summed E-state index contributed by atoms with van der Waals surface area (Å²) in [6, 6.07) is 17.2. The molecule has 0 aliphatic heterocycles. The maximum absolute atomic E-state index is 13.3. The molecular formula is C27H22N2O2S2. The van der Waals surface area contributed by atoms with Crippen molar-refractivity contribution in [3.8, 4) is 0 Å². The molecule has 6 heteroatoms. The lowest BCUT2D eigenvalue weighted by Gasteiger charge is -2.28. The summed E-state index contributed by atoms with van der Waals surface area (Å²) in [6.07, 6.45) is 2.00. The molecule has 4 aromatic rings. The van der Waals surface area contributed by atoms with Crippen molar-refractivity contribution < 1.29 is 9.59 Å². The van der Waals surface area contributed by atoms with Crippen LogP contribution >= 0.6 is 23.5 Å². The highest BCUT2D eigenvalue weighted by molar-refractivity contribution is 7.99. The largest absolute Gasteiger partial charge is 0.289 e. The van der Waals surface area contributed by atoms with Gasteiger partial charge in [-0.05, 0) is 29.2 Å². The monoisotopic (exact) mass is 470 g/mol. The molecule has 4 nitrogen and oxygen atoms in total. The van der Waals surface area contributed by atoms with Crippen molar-refractivity contribution in [1.29, 1.82) is 0 Å². The van der Waals surface area contributed by atoms with Gasteiger partial charge in [0.05, 0.1) is 17.3 Å². The van der Waals surface area contributed by atoms with Crippen LogP contribution in [0.4, 0.5) is 0 Å². The minimum atomic E-state index is -0.170. The van der Waals surface area contributed by atoms with Gasteiger partial charge in [-0.15, -0.1) is 6.58 Å². The van der Waals surface area contributed by atoms with Crippen LogP contribution in [-0.4, -0.2) is 20.3 Å². The molecule has 3 aromatic carbocycles. The van der Waals surface area contributed by atoms with Crippen LogP contribution in [0, 0.1) is 5.41 Å². The number of benzene rings is 3. The molecule has 1 aromatic heterocycles. The van der Waals surface area contributed by atoms with Gasteiger partial charge < -0.3 is 0 Å². The summed E-state index contributed by atoms with van der Waals surface area (Å²) in [6.45, 7) is 10.6. The number of aromatic nitrogens is 2. The molecule has 164 valence electrons. The Morgan fingerprint density at radius 3 is 2.18 bits per heavy atom. The molecule has 1 heterocycles. The van der Waals surface area contributed by atoms with Gasteiger partial charge in [-0.2, -0.15) is 8.75 Å². The summed E-state index contributed by atoms with van der Waals surface area (Å²) < 4.78 is 8.86. The normalized spacial score (nSPS) is 14.2. The summed E-state index contributed by atoms with van der Waals surface area (Å²) in [5.74, 6) is -0.0683. The SMILES string of the molecule is C=CC(c1ccc(Sc2cc3c(c4nsnc24)C(=O)c2ccccc2C3=O)cc1)C(C)(C)C. The molecule has 5 rings (SSSR count). The van der Waals surface area contributed by atoms with E-state index in [0.717, 1.165) is 21.5 Å². The number of hydrogen-bond donors (Lipinski definition) is 0. The second kappa shape index (κ2) is 8.04. The van der Waals surface area contributed by atoms with Gasteiger partial charge in [0.1, 0.15) is 11.0 Å². The topological polar surface area (TPSA) is 59.9 Å². The molecule has 0 N–H and O–H groups in total. The maximum Gasteiger partial charge on any atom is 0.196 e. The zero-order valence-electron chi connectivity index (χ0n) is 18.6. The Bertz CT molecular complexity index is 1430. The minimum absolute atomic E-state index is 0.0799. The summed E-state index contributed by atoms with van der Waals surface area (Å²) in [7, 11) is 0. The van der Waals surface area contributed by atoms with Crippen LogP contribution < -0.4 is 0 Å². The van der Waals surface area contributed by atoms with Gasteiger partial charge in [-0.1, -0.05) is 75.0 Å². The first-order valence-electron chi connectivity index (χ1n) is 10.7. The van der Waals surface area contributed by atoms with Gasteiger partial charge in [0.2, 0.25) is 0 Å². The first kappa shape index (κ1) is 21.7. The van der Waals surface area contributed by atoms with Gasteiger partial charge in [0, 0.05) is 32.4 Å². The molecule has 0 fully saturated rings. The van der Waals surface area contributed by atoms with Gasteiger partial charge >= 0.3 is 0 Å². The number of allylic oxidation sites excluding steroid dienone is 1. The third-order valence-corrected chi connectivity index (χ3v) is 7.59. The first-order valence-corrected chi connectivity index (χ1v) is 12.2.